The molecule has 0 aromatic carbocycles. The van der Waals surface area contributed by atoms with E-state index in [1.54, 1.807) is 11.2 Å². The zero-order valence-electron chi connectivity index (χ0n) is 14.3. The molecule has 8 heteroatoms. The molecule has 24 heavy (non-hydrogen) atoms. The summed E-state index contributed by atoms with van der Waals surface area (Å²) in [5.41, 5.74) is 0. The van der Waals surface area contributed by atoms with E-state index in [1.165, 1.54) is 0 Å². The fourth-order valence-electron chi connectivity index (χ4n) is 2.49. The SMILES string of the molecule is CCNC(=NCc1ccco1)NC1CCN(C(=O)OCC)CC1.I. The van der Waals surface area contributed by atoms with E-state index in [0.29, 0.717) is 32.3 Å². The van der Waals surface area contributed by atoms with Crippen LogP contribution in [0.25, 0.3) is 0 Å². The van der Waals surface area contributed by atoms with Crippen molar-refractivity contribution in [2.24, 2.45) is 4.99 Å². The minimum Gasteiger partial charge on any atom is -0.467 e. The maximum Gasteiger partial charge on any atom is 0.409 e. The Kier molecular flexibility index (Phi) is 9.58. The van der Waals surface area contributed by atoms with Crippen LogP contribution in [0.4, 0.5) is 4.79 Å². The Morgan fingerprint density at radius 2 is 2.17 bits per heavy atom. The van der Waals surface area contributed by atoms with Crippen molar-refractivity contribution < 1.29 is 13.9 Å². The highest BCUT2D eigenvalue weighted by Crippen LogP contribution is 2.11. The average Bonchev–Trinajstić information content (AvgIpc) is 3.07. The van der Waals surface area contributed by atoms with Crippen molar-refractivity contribution in [1.29, 1.82) is 0 Å². The summed E-state index contributed by atoms with van der Waals surface area (Å²) in [5.74, 6) is 1.61. The molecule has 2 N–H and O–H groups in total. The van der Waals surface area contributed by atoms with Crippen LogP contribution in [0.2, 0.25) is 0 Å². The summed E-state index contributed by atoms with van der Waals surface area (Å²) in [6.45, 7) is 6.98. The molecule has 2 heterocycles. The number of aliphatic imine (C=N–C) groups is 1. The molecule has 7 nitrogen and oxygen atoms in total. The quantitative estimate of drug-likeness (QED) is 0.410. The van der Waals surface area contributed by atoms with Crippen molar-refractivity contribution in [3.05, 3.63) is 24.2 Å². The monoisotopic (exact) mass is 450 g/mol. The predicted molar refractivity (Wildman–Crippen MR) is 104 cm³/mol. The minimum absolute atomic E-state index is 0. The van der Waals surface area contributed by atoms with Gasteiger partial charge in [0, 0.05) is 25.7 Å². The van der Waals surface area contributed by atoms with Crippen LogP contribution in [-0.4, -0.2) is 49.2 Å². The number of piperidine rings is 1. The van der Waals surface area contributed by atoms with Gasteiger partial charge >= 0.3 is 6.09 Å². The summed E-state index contributed by atoms with van der Waals surface area (Å²) in [4.78, 5) is 18.0. The molecule has 0 radical (unpaired) electrons. The molecule has 2 rings (SSSR count). The summed E-state index contributed by atoms with van der Waals surface area (Å²) in [6.07, 6.45) is 3.19. The second-order valence-corrected chi connectivity index (χ2v) is 5.38. The third-order valence-electron chi connectivity index (χ3n) is 3.68. The number of nitrogens with one attached hydrogen (secondary N) is 2. The molecule has 1 saturated heterocycles. The van der Waals surface area contributed by atoms with Crippen LogP contribution in [0.5, 0.6) is 0 Å². The van der Waals surface area contributed by atoms with E-state index in [2.05, 4.69) is 15.6 Å². The molecule has 0 saturated carbocycles. The Bertz CT molecular complexity index is 499. The average molecular weight is 450 g/mol. The van der Waals surface area contributed by atoms with E-state index in [1.807, 2.05) is 26.0 Å². The molecule has 0 unspecified atom stereocenters. The van der Waals surface area contributed by atoms with Gasteiger partial charge in [-0.05, 0) is 38.8 Å². The number of rotatable bonds is 5. The number of ether oxygens (including phenoxy) is 1. The molecular formula is C16H27IN4O3. The Morgan fingerprint density at radius 1 is 1.42 bits per heavy atom. The standard InChI is InChI=1S/C16H26N4O3.HI/c1-3-17-15(18-12-14-6-5-11-23-14)19-13-7-9-20(10-8-13)16(21)22-4-2;/h5-6,11,13H,3-4,7-10,12H2,1-2H3,(H2,17,18,19);1H. The van der Waals surface area contributed by atoms with Gasteiger partial charge in [0.25, 0.3) is 0 Å². The summed E-state index contributed by atoms with van der Waals surface area (Å²) in [6, 6.07) is 4.07. The Morgan fingerprint density at radius 3 is 2.75 bits per heavy atom. The summed E-state index contributed by atoms with van der Waals surface area (Å²) in [5, 5.41) is 6.67. The zero-order valence-corrected chi connectivity index (χ0v) is 16.6. The molecule has 0 bridgehead atoms. The third-order valence-corrected chi connectivity index (χ3v) is 3.68. The van der Waals surface area contributed by atoms with Crippen LogP contribution in [0.3, 0.4) is 0 Å². The Balaban J connectivity index is 0.00000288. The lowest BCUT2D eigenvalue weighted by molar-refractivity contribution is 0.0963. The Labute approximate surface area is 160 Å². The molecule has 1 fully saturated rings. The van der Waals surface area contributed by atoms with Crippen molar-refractivity contribution in [1.82, 2.24) is 15.5 Å². The number of halogens is 1. The van der Waals surface area contributed by atoms with Gasteiger partial charge in [0.2, 0.25) is 0 Å². The van der Waals surface area contributed by atoms with Crippen molar-refractivity contribution in [2.45, 2.75) is 39.3 Å². The number of hydrogen-bond acceptors (Lipinski definition) is 4. The minimum atomic E-state index is -0.218. The predicted octanol–water partition coefficient (Wildman–Crippen LogP) is 2.57. The Hall–Kier alpha value is -1.45. The topological polar surface area (TPSA) is 79.1 Å². The molecular weight excluding hydrogens is 423 g/mol. The summed E-state index contributed by atoms with van der Waals surface area (Å²) >= 11 is 0. The van der Waals surface area contributed by atoms with Crippen LogP contribution in [0.15, 0.2) is 27.8 Å². The van der Waals surface area contributed by atoms with E-state index in [-0.39, 0.29) is 30.1 Å². The van der Waals surface area contributed by atoms with Gasteiger partial charge in [-0.15, -0.1) is 24.0 Å². The van der Waals surface area contributed by atoms with Crippen molar-refractivity contribution >= 4 is 36.0 Å². The number of likely N-dealkylation sites (tertiary alicyclic amines) is 1. The van der Waals surface area contributed by atoms with E-state index < -0.39 is 0 Å². The lowest BCUT2D eigenvalue weighted by Crippen LogP contribution is -2.49. The number of nitrogens with zero attached hydrogens (tertiary/aromatic N) is 2. The highest BCUT2D eigenvalue weighted by Gasteiger charge is 2.23. The zero-order chi connectivity index (χ0) is 16.5. The molecule has 136 valence electrons. The maximum atomic E-state index is 11.7. The van der Waals surface area contributed by atoms with Crippen LogP contribution >= 0.6 is 24.0 Å². The highest BCUT2D eigenvalue weighted by atomic mass is 127. The molecule has 1 aromatic rings. The first-order valence-corrected chi connectivity index (χ1v) is 8.21. The molecule has 0 atom stereocenters. The van der Waals surface area contributed by atoms with Crippen LogP contribution in [-0.2, 0) is 11.3 Å². The van der Waals surface area contributed by atoms with Crippen molar-refractivity contribution in [3.8, 4) is 0 Å². The van der Waals surface area contributed by atoms with Gasteiger partial charge in [-0.2, -0.15) is 0 Å². The molecule has 0 spiro atoms. The highest BCUT2D eigenvalue weighted by molar-refractivity contribution is 14.0. The smallest absolute Gasteiger partial charge is 0.409 e. The van der Waals surface area contributed by atoms with Gasteiger partial charge in [-0.25, -0.2) is 9.79 Å². The van der Waals surface area contributed by atoms with E-state index >= 15 is 0 Å². The van der Waals surface area contributed by atoms with Crippen LogP contribution in [0, 0.1) is 0 Å². The molecule has 1 aliphatic heterocycles. The number of amides is 1. The lowest BCUT2D eigenvalue weighted by atomic mass is 10.1. The maximum absolute atomic E-state index is 11.7. The van der Waals surface area contributed by atoms with Crippen LogP contribution < -0.4 is 10.6 Å². The van der Waals surface area contributed by atoms with E-state index in [9.17, 15) is 4.79 Å². The van der Waals surface area contributed by atoms with Crippen molar-refractivity contribution in [2.75, 3.05) is 26.2 Å². The van der Waals surface area contributed by atoms with Gasteiger partial charge in [0.1, 0.15) is 12.3 Å². The molecule has 0 aliphatic carbocycles. The van der Waals surface area contributed by atoms with Crippen molar-refractivity contribution in [3.63, 3.8) is 0 Å². The summed E-state index contributed by atoms with van der Waals surface area (Å²) < 4.78 is 10.3. The number of guanidine groups is 1. The fourth-order valence-corrected chi connectivity index (χ4v) is 2.49. The number of carbonyl (C=O) groups is 1. The number of carbonyl (C=O) groups excluding carboxylic acids is 1. The first-order valence-electron chi connectivity index (χ1n) is 8.21. The molecule has 1 aliphatic rings. The number of hydrogen-bond donors (Lipinski definition) is 2. The van der Waals surface area contributed by atoms with E-state index in [0.717, 1.165) is 31.1 Å². The first kappa shape index (κ1) is 20.6. The first-order chi connectivity index (χ1) is 11.2. The fraction of sp³-hybridized carbons (Fsp3) is 0.625. The van der Waals surface area contributed by atoms with E-state index in [4.69, 9.17) is 9.15 Å². The second-order valence-electron chi connectivity index (χ2n) is 5.38. The lowest BCUT2D eigenvalue weighted by Gasteiger charge is -2.32. The molecule has 1 amide bonds. The van der Waals surface area contributed by atoms with Crippen LogP contribution in [0.1, 0.15) is 32.4 Å². The van der Waals surface area contributed by atoms with Gasteiger partial charge < -0.3 is 24.7 Å². The summed E-state index contributed by atoms with van der Waals surface area (Å²) in [7, 11) is 0. The van der Waals surface area contributed by atoms with Gasteiger partial charge in [0.05, 0.1) is 12.9 Å². The third kappa shape index (κ3) is 6.58. The number of furan rings is 1. The normalized spacial score (nSPS) is 15.6. The van der Waals surface area contributed by atoms with Gasteiger partial charge in [-0.3, -0.25) is 0 Å². The largest absolute Gasteiger partial charge is 0.467 e. The second kappa shape index (κ2) is 11.2. The molecule has 1 aromatic heterocycles. The van der Waals surface area contributed by atoms with Gasteiger partial charge in [-0.1, -0.05) is 0 Å². The van der Waals surface area contributed by atoms with Gasteiger partial charge in [0.15, 0.2) is 5.96 Å².